The van der Waals surface area contributed by atoms with Crippen LogP contribution in [-0.4, -0.2) is 27.2 Å². The number of rotatable bonds is 2. The average Bonchev–Trinajstić information content (AvgIpc) is 1.91. The van der Waals surface area contributed by atoms with Crippen molar-refractivity contribution in [2.24, 2.45) is 0 Å². The van der Waals surface area contributed by atoms with Gasteiger partial charge in [-0.05, 0) is 24.6 Å². The first-order valence-electron chi connectivity index (χ1n) is 3.66. The quantitative estimate of drug-likeness (QED) is 0.461. The highest BCUT2D eigenvalue weighted by Crippen LogP contribution is 2.11. The summed E-state index contributed by atoms with van der Waals surface area (Å²) in [6.07, 6.45) is 3.97. The van der Waals surface area contributed by atoms with Gasteiger partial charge in [0.15, 0.2) is 0 Å². The van der Waals surface area contributed by atoms with Gasteiger partial charge in [0.1, 0.15) is 0 Å². The molecule has 1 unspecified atom stereocenters. The lowest BCUT2D eigenvalue weighted by molar-refractivity contribution is 0.0654. The van der Waals surface area contributed by atoms with Crippen LogP contribution in [-0.2, 0) is 4.74 Å². The van der Waals surface area contributed by atoms with E-state index in [0.29, 0.717) is 5.73 Å². The van der Waals surface area contributed by atoms with Gasteiger partial charge in [-0.25, -0.2) is 0 Å². The number of ether oxygens (including phenoxy) is 1. The molecule has 0 N–H and O–H groups in total. The van der Waals surface area contributed by atoms with Gasteiger partial charge in [-0.15, -0.1) is 0 Å². The summed E-state index contributed by atoms with van der Waals surface area (Å²) in [6.45, 7) is 1.01. The molecule has 0 amide bonds. The van der Waals surface area contributed by atoms with E-state index in [0.717, 1.165) is 12.0 Å². The predicted molar refractivity (Wildman–Crippen MR) is 46.0 cm³/mol. The molecule has 0 aromatic carbocycles. The molecule has 0 aromatic rings. The van der Waals surface area contributed by atoms with Crippen molar-refractivity contribution < 1.29 is 4.74 Å². The molecule has 0 bridgehead atoms. The summed E-state index contributed by atoms with van der Waals surface area (Å²) in [5.74, 6) is 0. The summed E-state index contributed by atoms with van der Waals surface area (Å²) in [5.41, 5.74) is 0.663. The molecule has 1 heterocycles. The van der Waals surface area contributed by atoms with E-state index in [9.17, 15) is 0 Å². The van der Waals surface area contributed by atoms with Gasteiger partial charge >= 0.3 is 0 Å². The van der Waals surface area contributed by atoms with Crippen LogP contribution in [0.25, 0.3) is 0 Å². The maximum absolute atomic E-state index is 5.53. The Morgan fingerprint density at radius 3 is 3.00 bits per heavy atom. The first-order valence-corrected chi connectivity index (χ1v) is 6.11. The summed E-state index contributed by atoms with van der Waals surface area (Å²) in [6, 6.07) is 0. The molecule has 1 fully saturated rings. The van der Waals surface area contributed by atoms with Gasteiger partial charge in [-0.2, -0.15) is 12.6 Å². The third-order valence-electron chi connectivity index (χ3n) is 1.73. The molecule has 1 aliphatic heterocycles. The number of hydrogen-bond donors (Lipinski definition) is 1. The highest BCUT2D eigenvalue weighted by atomic mass is 32.1. The van der Waals surface area contributed by atoms with Crippen molar-refractivity contribution in [3.8, 4) is 0 Å². The van der Waals surface area contributed by atoms with E-state index in [1.165, 1.54) is 19.3 Å². The smallest absolute Gasteiger partial charge is 0.0662 e. The van der Waals surface area contributed by atoms with Crippen molar-refractivity contribution in [2.75, 3.05) is 12.0 Å². The van der Waals surface area contributed by atoms with Gasteiger partial charge in [0.25, 0.3) is 0 Å². The van der Waals surface area contributed by atoms with E-state index in [4.69, 9.17) is 4.74 Å². The average molecular weight is 162 g/mol. The van der Waals surface area contributed by atoms with E-state index >= 15 is 0 Å². The largest absolute Gasteiger partial charge is 0.382 e. The van der Waals surface area contributed by atoms with Gasteiger partial charge < -0.3 is 4.74 Å². The minimum Gasteiger partial charge on any atom is -0.382 e. The molecule has 0 radical (unpaired) electrons. The maximum Gasteiger partial charge on any atom is 0.0662 e. The molecule has 1 nitrogen and oxygen atoms in total. The van der Waals surface area contributed by atoms with Gasteiger partial charge in [0.05, 0.1) is 9.52 Å². The third-order valence-corrected chi connectivity index (χ3v) is 4.05. The molecule has 1 aliphatic rings. The summed E-state index contributed by atoms with van der Waals surface area (Å²) in [7, 11) is 0.0179. The minimum absolute atomic E-state index is 0.0179. The van der Waals surface area contributed by atoms with Crippen molar-refractivity contribution in [1.29, 1.82) is 0 Å². The Morgan fingerprint density at radius 2 is 2.44 bits per heavy atom. The van der Waals surface area contributed by atoms with Gasteiger partial charge in [0, 0.05) is 12.3 Å². The van der Waals surface area contributed by atoms with Crippen molar-refractivity contribution in [3.05, 3.63) is 0 Å². The highest BCUT2D eigenvalue weighted by Gasteiger charge is 2.11. The standard InChI is InChI=1S/C6H14OSSi/c8-5-9-6-3-1-2-4-7-6/h6,8H,1-5,9H2. The molecule has 1 saturated heterocycles. The van der Waals surface area contributed by atoms with Crippen LogP contribution >= 0.6 is 12.6 Å². The Hall–Kier alpha value is 0.527. The molecule has 9 heavy (non-hydrogen) atoms. The molecule has 0 aliphatic carbocycles. The van der Waals surface area contributed by atoms with Crippen LogP contribution in [0, 0.1) is 0 Å². The first kappa shape index (κ1) is 7.63. The van der Waals surface area contributed by atoms with Gasteiger partial charge in [-0.1, -0.05) is 0 Å². The van der Waals surface area contributed by atoms with E-state index in [2.05, 4.69) is 12.6 Å². The van der Waals surface area contributed by atoms with Crippen LogP contribution in [0.15, 0.2) is 0 Å². The zero-order valence-corrected chi connectivity index (χ0v) is 7.98. The minimum atomic E-state index is 0.0179. The fourth-order valence-corrected chi connectivity index (χ4v) is 3.24. The summed E-state index contributed by atoms with van der Waals surface area (Å²) in [4.78, 5) is 0. The van der Waals surface area contributed by atoms with Crippen LogP contribution in [0.5, 0.6) is 0 Å². The van der Waals surface area contributed by atoms with Crippen LogP contribution in [0.4, 0.5) is 0 Å². The van der Waals surface area contributed by atoms with Crippen molar-refractivity contribution in [3.63, 3.8) is 0 Å². The predicted octanol–water partition coefficient (Wildman–Crippen LogP) is 0.569. The summed E-state index contributed by atoms with van der Waals surface area (Å²) in [5, 5.41) is 1.10. The van der Waals surface area contributed by atoms with E-state index in [-0.39, 0.29) is 9.52 Å². The van der Waals surface area contributed by atoms with Crippen LogP contribution in [0.2, 0.25) is 0 Å². The summed E-state index contributed by atoms with van der Waals surface area (Å²) < 4.78 is 5.53. The topological polar surface area (TPSA) is 9.23 Å². The van der Waals surface area contributed by atoms with Crippen LogP contribution < -0.4 is 0 Å². The lowest BCUT2D eigenvalue weighted by atomic mass is 10.2. The van der Waals surface area contributed by atoms with E-state index in [1.54, 1.807) is 0 Å². The third kappa shape index (κ3) is 2.73. The fourth-order valence-electron chi connectivity index (χ4n) is 1.18. The Bertz CT molecular complexity index is 70.7. The van der Waals surface area contributed by atoms with E-state index in [1.807, 2.05) is 0 Å². The van der Waals surface area contributed by atoms with Gasteiger partial charge in [0.2, 0.25) is 0 Å². The Balaban J connectivity index is 2.08. The molecule has 54 valence electrons. The molecule has 0 spiro atoms. The second-order valence-electron chi connectivity index (χ2n) is 2.50. The zero-order valence-electron chi connectivity index (χ0n) is 5.68. The Labute approximate surface area is 64.4 Å². The van der Waals surface area contributed by atoms with Crippen molar-refractivity contribution >= 4 is 22.1 Å². The molecular weight excluding hydrogens is 148 g/mol. The second kappa shape index (κ2) is 4.36. The normalized spacial score (nSPS) is 29.7. The highest BCUT2D eigenvalue weighted by molar-refractivity contribution is 7.81. The van der Waals surface area contributed by atoms with Crippen LogP contribution in [0.1, 0.15) is 19.3 Å². The monoisotopic (exact) mass is 162 g/mol. The summed E-state index contributed by atoms with van der Waals surface area (Å²) >= 11 is 4.21. The van der Waals surface area contributed by atoms with E-state index < -0.39 is 0 Å². The molecule has 0 saturated carbocycles. The fraction of sp³-hybridized carbons (Fsp3) is 1.00. The molecular formula is C6H14OSSi. The second-order valence-corrected chi connectivity index (χ2v) is 5.78. The van der Waals surface area contributed by atoms with Crippen molar-refractivity contribution in [2.45, 2.75) is 25.0 Å². The Kier molecular flexibility index (Phi) is 3.70. The lowest BCUT2D eigenvalue weighted by Crippen LogP contribution is -2.26. The van der Waals surface area contributed by atoms with Crippen LogP contribution in [0.3, 0.4) is 0 Å². The molecule has 3 heteroatoms. The van der Waals surface area contributed by atoms with Gasteiger partial charge in [-0.3, -0.25) is 0 Å². The molecule has 1 rings (SSSR count). The SMILES string of the molecule is SC[SiH2]C1CCCCO1. The molecule has 0 aromatic heterocycles. The number of hydrogen-bond acceptors (Lipinski definition) is 2. The van der Waals surface area contributed by atoms with Crippen molar-refractivity contribution in [1.82, 2.24) is 0 Å². The Morgan fingerprint density at radius 1 is 1.56 bits per heavy atom. The lowest BCUT2D eigenvalue weighted by Gasteiger charge is -2.21. The number of thiol groups is 1. The molecule has 1 atom stereocenters. The first-order chi connectivity index (χ1) is 4.43. The zero-order chi connectivity index (χ0) is 6.53. The maximum atomic E-state index is 5.53.